The van der Waals surface area contributed by atoms with Crippen LogP contribution < -0.4 is 20.1 Å². The van der Waals surface area contributed by atoms with E-state index < -0.39 is 6.03 Å². The van der Waals surface area contributed by atoms with Crippen molar-refractivity contribution < 1.29 is 19.1 Å². The summed E-state index contributed by atoms with van der Waals surface area (Å²) < 4.78 is 10.5. The van der Waals surface area contributed by atoms with Crippen LogP contribution >= 0.6 is 11.3 Å². The van der Waals surface area contributed by atoms with Gasteiger partial charge in [0.1, 0.15) is 0 Å². The molecule has 0 unspecified atom stereocenters. The Balaban J connectivity index is 1.73. The fourth-order valence-electron chi connectivity index (χ4n) is 2.56. The summed E-state index contributed by atoms with van der Waals surface area (Å²) in [6, 6.07) is 9.10. The zero-order chi connectivity index (χ0) is 19.6. The van der Waals surface area contributed by atoms with Crippen molar-refractivity contribution in [2.45, 2.75) is 13.0 Å². The van der Waals surface area contributed by atoms with E-state index in [-0.39, 0.29) is 12.5 Å². The van der Waals surface area contributed by atoms with Crippen molar-refractivity contribution >= 4 is 23.3 Å². The van der Waals surface area contributed by atoms with Gasteiger partial charge in [-0.1, -0.05) is 12.1 Å². The minimum atomic E-state index is -0.476. The van der Waals surface area contributed by atoms with E-state index in [1.165, 1.54) is 4.88 Å². The Labute approximate surface area is 163 Å². The van der Waals surface area contributed by atoms with Gasteiger partial charge in [-0.15, -0.1) is 11.3 Å². The third-order valence-electron chi connectivity index (χ3n) is 3.80. The maximum Gasteiger partial charge on any atom is 0.321 e. The van der Waals surface area contributed by atoms with Crippen LogP contribution in [0.25, 0.3) is 0 Å². The molecule has 2 aromatic rings. The average Bonchev–Trinajstić information content (AvgIpc) is 3.14. The van der Waals surface area contributed by atoms with Crippen LogP contribution in [0.1, 0.15) is 10.4 Å². The van der Waals surface area contributed by atoms with Gasteiger partial charge in [0.25, 0.3) is 0 Å². The molecule has 1 heterocycles. The van der Waals surface area contributed by atoms with Crippen molar-refractivity contribution in [3.05, 3.63) is 46.2 Å². The molecule has 1 aromatic carbocycles. The Bertz CT molecular complexity index is 749. The van der Waals surface area contributed by atoms with Crippen molar-refractivity contribution in [2.24, 2.45) is 0 Å². The molecule has 2 N–H and O–H groups in total. The Hall–Kier alpha value is -2.58. The van der Waals surface area contributed by atoms with E-state index in [1.54, 1.807) is 25.6 Å². The van der Waals surface area contributed by atoms with Gasteiger partial charge in [0.2, 0.25) is 5.91 Å². The summed E-state index contributed by atoms with van der Waals surface area (Å²) in [7, 11) is 4.97. The molecule has 0 aliphatic carbocycles. The minimum absolute atomic E-state index is 0.104. The third kappa shape index (κ3) is 6.92. The molecule has 0 radical (unpaired) electrons. The number of benzene rings is 1. The fourth-order valence-corrected chi connectivity index (χ4v) is 3.27. The van der Waals surface area contributed by atoms with Gasteiger partial charge in [-0.25, -0.2) is 4.79 Å². The summed E-state index contributed by atoms with van der Waals surface area (Å²) in [5, 5.41) is 7.03. The number of amides is 3. The minimum Gasteiger partial charge on any atom is -0.493 e. The second-order valence-electron chi connectivity index (χ2n) is 6.00. The SMILES string of the molecule is COc1ccc(CN(C)CC(=O)NC(=O)NCCc2cccs2)cc1OC. The van der Waals surface area contributed by atoms with Crippen molar-refractivity contribution in [1.82, 2.24) is 15.5 Å². The van der Waals surface area contributed by atoms with Crippen molar-refractivity contribution in [2.75, 3.05) is 34.4 Å². The molecule has 8 heteroatoms. The van der Waals surface area contributed by atoms with E-state index in [4.69, 9.17) is 9.47 Å². The predicted molar refractivity (Wildman–Crippen MR) is 105 cm³/mol. The fraction of sp³-hybridized carbons (Fsp3) is 0.368. The number of thiophene rings is 1. The average molecular weight is 391 g/mol. The van der Waals surface area contributed by atoms with Gasteiger partial charge in [-0.2, -0.15) is 0 Å². The molecule has 0 fully saturated rings. The lowest BCUT2D eigenvalue weighted by molar-refractivity contribution is -0.120. The van der Waals surface area contributed by atoms with Crippen LogP contribution in [0.3, 0.4) is 0 Å². The van der Waals surface area contributed by atoms with Crippen LogP contribution in [-0.2, 0) is 17.8 Å². The molecule has 0 saturated carbocycles. The topological polar surface area (TPSA) is 79.9 Å². The van der Waals surface area contributed by atoms with Gasteiger partial charge in [0.15, 0.2) is 11.5 Å². The van der Waals surface area contributed by atoms with Crippen molar-refractivity contribution in [1.29, 1.82) is 0 Å². The van der Waals surface area contributed by atoms with Crippen molar-refractivity contribution in [3.8, 4) is 11.5 Å². The molecule has 0 atom stereocenters. The lowest BCUT2D eigenvalue weighted by atomic mass is 10.2. The second-order valence-corrected chi connectivity index (χ2v) is 7.03. The smallest absolute Gasteiger partial charge is 0.321 e. The maximum absolute atomic E-state index is 12.0. The summed E-state index contributed by atoms with van der Waals surface area (Å²) in [5.74, 6) is 0.936. The third-order valence-corrected chi connectivity index (χ3v) is 4.74. The maximum atomic E-state index is 12.0. The highest BCUT2D eigenvalue weighted by atomic mass is 32.1. The van der Waals surface area contributed by atoms with Crippen molar-refractivity contribution in [3.63, 3.8) is 0 Å². The number of nitrogens with zero attached hydrogens (tertiary/aromatic N) is 1. The largest absolute Gasteiger partial charge is 0.493 e. The van der Waals surface area contributed by atoms with E-state index in [1.807, 2.05) is 47.7 Å². The Morgan fingerprint density at radius 1 is 1.15 bits per heavy atom. The van der Waals surface area contributed by atoms with E-state index in [0.717, 1.165) is 12.0 Å². The van der Waals surface area contributed by atoms with Crippen LogP contribution in [0, 0.1) is 0 Å². The number of methoxy groups -OCH3 is 2. The molecule has 7 nitrogen and oxygen atoms in total. The standard InChI is InChI=1S/C19H25N3O4S/c1-22(12-14-6-7-16(25-2)17(11-14)26-3)13-18(23)21-19(24)20-9-8-15-5-4-10-27-15/h4-7,10-11H,8-9,12-13H2,1-3H3,(H2,20,21,23,24). The van der Waals surface area contributed by atoms with Crippen LogP contribution in [-0.4, -0.2) is 51.2 Å². The van der Waals surface area contributed by atoms with Crippen LogP contribution in [0.5, 0.6) is 11.5 Å². The number of hydrogen-bond donors (Lipinski definition) is 2. The highest BCUT2D eigenvalue weighted by Crippen LogP contribution is 2.27. The van der Waals surface area contributed by atoms with Gasteiger partial charge < -0.3 is 14.8 Å². The molecule has 0 spiro atoms. The number of nitrogens with one attached hydrogen (secondary N) is 2. The summed E-state index contributed by atoms with van der Waals surface area (Å²) in [6.45, 7) is 1.13. The highest BCUT2D eigenvalue weighted by molar-refractivity contribution is 7.09. The van der Waals surface area contributed by atoms with Gasteiger partial charge in [-0.3, -0.25) is 15.0 Å². The monoisotopic (exact) mass is 391 g/mol. The number of imide groups is 1. The molecule has 0 aliphatic heterocycles. The second kappa shape index (κ2) is 10.5. The number of hydrogen-bond acceptors (Lipinski definition) is 6. The molecule has 0 saturated heterocycles. The first-order valence-electron chi connectivity index (χ1n) is 8.51. The van der Waals surface area contributed by atoms with Gasteiger partial charge in [-0.05, 0) is 42.6 Å². The van der Waals surface area contributed by atoms with Crippen LogP contribution in [0.4, 0.5) is 4.79 Å². The summed E-state index contributed by atoms with van der Waals surface area (Å²) >= 11 is 1.64. The summed E-state index contributed by atoms with van der Waals surface area (Å²) in [4.78, 5) is 26.8. The van der Waals surface area contributed by atoms with E-state index in [0.29, 0.717) is 24.6 Å². The summed E-state index contributed by atoms with van der Waals surface area (Å²) in [5.41, 5.74) is 0.975. The Kier molecular flexibility index (Phi) is 8.09. The lowest BCUT2D eigenvalue weighted by Gasteiger charge is -2.17. The first kappa shape index (κ1) is 20.7. The van der Waals surface area contributed by atoms with Crippen LogP contribution in [0.15, 0.2) is 35.7 Å². The molecular weight excluding hydrogens is 366 g/mol. The van der Waals surface area contributed by atoms with Gasteiger partial charge in [0.05, 0.1) is 20.8 Å². The van der Waals surface area contributed by atoms with E-state index in [2.05, 4.69) is 10.6 Å². The summed E-state index contributed by atoms with van der Waals surface area (Å²) in [6.07, 6.45) is 0.748. The number of carbonyl (C=O) groups is 2. The number of carbonyl (C=O) groups excluding carboxylic acids is 2. The normalized spacial score (nSPS) is 10.5. The molecule has 146 valence electrons. The highest BCUT2D eigenvalue weighted by Gasteiger charge is 2.12. The van der Waals surface area contributed by atoms with E-state index >= 15 is 0 Å². The molecule has 1 aromatic heterocycles. The Morgan fingerprint density at radius 3 is 2.59 bits per heavy atom. The zero-order valence-corrected chi connectivity index (χ0v) is 16.6. The number of rotatable bonds is 9. The molecule has 3 amide bonds. The van der Waals surface area contributed by atoms with Gasteiger partial charge in [0, 0.05) is 18.0 Å². The molecule has 27 heavy (non-hydrogen) atoms. The molecule has 0 bridgehead atoms. The lowest BCUT2D eigenvalue weighted by Crippen LogP contribution is -2.44. The first-order valence-corrected chi connectivity index (χ1v) is 9.39. The zero-order valence-electron chi connectivity index (χ0n) is 15.8. The van der Waals surface area contributed by atoms with Crippen LogP contribution in [0.2, 0.25) is 0 Å². The number of ether oxygens (including phenoxy) is 2. The first-order chi connectivity index (χ1) is 13.0. The number of urea groups is 1. The van der Waals surface area contributed by atoms with Gasteiger partial charge >= 0.3 is 6.03 Å². The number of likely N-dealkylation sites (N-methyl/N-ethyl adjacent to an activating group) is 1. The molecular formula is C19H25N3O4S. The predicted octanol–water partition coefficient (Wildman–Crippen LogP) is 2.27. The molecule has 2 rings (SSSR count). The Morgan fingerprint density at radius 2 is 1.93 bits per heavy atom. The van der Waals surface area contributed by atoms with E-state index in [9.17, 15) is 9.59 Å². The molecule has 0 aliphatic rings. The quantitative estimate of drug-likeness (QED) is 0.685.